The van der Waals surface area contributed by atoms with Crippen LogP contribution in [0.1, 0.15) is 26.2 Å². The monoisotopic (exact) mass is 196 g/mol. The molecule has 4 heteroatoms. The van der Waals surface area contributed by atoms with Crippen LogP contribution in [0.5, 0.6) is 0 Å². The fraction of sp³-hybridized carbons (Fsp3) is 0.875. The molecule has 0 amide bonds. The van der Waals surface area contributed by atoms with Crippen molar-refractivity contribution < 1.29 is 13.6 Å². The zero-order valence-electron chi connectivity index (χ0n) is 6.82. The first-order valence-corrected chi connectivity index (χ1v) is 4.37. The average molecular weight is 197 g/mol. The second-order valence-corrected chi connectivity index (χ2v) is 3.86. The normalized spacial score (nSPS) is 34.7. The average Bonchev–Trinajstić information content (AvgIpc) is 1.83. The van der Waals surface area contributed by atoms with Crippen molar-refractivity contribution in [3.05, 3.63) is 0 Å². The van der Waals surface area contributed by atoms with Crippen LogP contribution in [-0.2, 0) is 4.79 Å². The van der Waals surface area contributed by atoms with Gasteiger partial charge >= 0.3 is 0 Å². The van der Waals surface area contributed by atoms with E-state index in [9.17, 15) is 13.6 Å². The molecule has 0 spiro atoms. The zero-order chi connectivity index (χ0) is 9.35. The van der Waals surface area contributed by atoms with Gasteiger partial charge in [-0.1, -0.05) is 6.92 Å². The van der Waals surface area contributed by atoms with Crippen molar-refractivity contribution in [3.63, 3.8) is 0 Å². The lowest BCUT2D eigenvalue weighted by Gasteiger charge is -2.31. The van der Waals surface area contributed by atoms with Crippen LogP contribution in [0.25, 0.3) is 0 Å². The Labute approximate surface area is 75.1 Å². The molecule has 1 rings (SSSR count). The summed E-state index contributed by atoms with van der Waals surface area (Å²) in [4.78, 5) is 10.7. The van der Waals surface area contributed by atoms with Crippen LogP contribution >= 0.6 is 11.6 Å². The smallest absolute Gasteiger partial charge is 0.248 e. The molecule has 0 aromatic rings. The van der Waals surface area contributed by atoms with Crippen LogP contribution in [0.15, 0.2) is 0 Å². The maximum Gasteiger partial charge on any atom is 0.248 e. The van der Waals surface area contributed by atoms with Crippen molar-refractivity contribution in [1.29, 1.82) is 0 Å². The van der Waals surface area contributed by atoms with E-state index in [0.717, 1.165) is 0 Å². The van der Waals surface area contributed by atoms with Gasteiger partial charge in [0.2, 0.25) is 11.2 Å². The topological polar surface area (TPSA) is 17.1 Å². The Balaban J connectivity index is 2.60. The molecule has 70 valence electrons. The number of rotatable bonds is 1. The second kappa shape index (κ2) is 3.29. The fourth-order valence-corrected chi connectivity index (χ4v) is 2.03. The Hall–Kier alpha value is -0.180. The molecule has 0 saturated heterocycles. The fourth-order valence-electron chi connectivity index (χ4n) is 1.70. The minimum Gasteiger partial charge on any atom is -0.281 e. The Kier molecular flexibility index (Phi) is 2.71. The van der Waals surface area contributed by atoms with Crippen molar-refractivity contribution in [2.45, 2.75) is 32.1 Å². The van der Waals surface area contributed by atoms with Gasteiger partial charge in [0.25, 0.3) is 0 Å². The van der Waals surface area contributed by atoms with Crippen LogP contribution in [0, 0.1) is 11.8 Å². The number of hydrogen-bond acceptors (Lipinski definition) is 1. The Morgan fingerprint density at radius 2 is 2.17 bits per heavy atom. The van der Waals surface area contributed by atoms with Crippen LogP contribution in [0.3, 0.4) is 0 Å². The number of hydrogen-bond donors (Lipinski definition) is 0. The van der Waals surface area contributed by atoms with Crippen molar-refractivity contribution in [2.24, 2.45) is 11.8 Å². The van der Waals surface area contributed by atoms with Crippen molar-refractivity contribution in [2.75, 3.05) is 0 Å². The van der Waals surface area contributed by atoms with E-state index in [1.54, 1.807) is 6.92 Å². The molecule has 0 unspecified atom stereocenters. The molecular weight excluding hydrogens is 186 g/mol. The van der Waals surface area contributed by atoms with E-state index < -0.39 is 11.2 Å². The highest BCUT2D eigenvalue weighted by atomic mass is 35.5. The highest BCUT2D eigenvalue weighted by molar-refractivity contribution is 6.64. The first-order chi connectivity index (χ1) is 5.42. The number of halogens is 3. The summed E-state index contributed by atoms with van der Waals surface area (Å²) in [6.45, 7) is 1.65. The summed E-state index contributed by atoms with van der Waals surface area (Å²) in [7, 11) is 0. The molecule has 0 N–H and O–H groups in total. The summed E-state index contributed by atoms with van der Waals surface area (Å²) < 4.78 is 25.5. The molecule has 0 aromatic carbocycles. The summed E-state index contributed by atoms with van der Waals surface area (Å²) in [5.41, 5.74) is 0. The van der Waals surface area contributed by atoms with Gasteiger partial charge in [-0.15, -0.1) is 0 Å². The van der Waals surface area contributed by atoms with E-state index in [-0.39, 0.29) is 31.1 Å². The van der Waals surface area contributed by atoms with Crippen LogP contribution in [0.2, 0.25) is 0 Å². The van der Waals surface area contributed by atoms with Crippen LogP contribution < -0.4 is 0 Å². The third kappa shape index (κ3) is 2.16. The van der Waals surface area contributed by atoms with E-state index >= 15 is 0 Å². The maximum absolute atomic E-state index is 12.7. The number of carbonyl (C=O) groups excluding carboxylic acids is 1. The highest BCUT2D eigenvalue weighted by Crippen LogP contribution is 2.40. The van der Waals surface area contributed by atoms with Crippen molar-refractivity contribution >= 4 is 16.8 Å². The van der Waals surface area contributed by atoms with Gasteiger partial charge in [0.1, 0.15) is 0 Å². The van der Waals surface area contributed by atoms with Crippen molar-refractivity contribution in [1.82, 2.24) is 0 Å². The van der Waals surface area contributed by atoms with Gasteiger partial charge in [0.15, 0.2) is 0 Å². The summed E-state index contributed by atoms with van der Waals surface area (Å²) >= 11 is 5.26. The highest BCUT2D eigenvalue weighted by Gasteiger charge is 2.41. The molecule has 1 saturated carbocycles. The van der Waals surface area contributed by atoms with E-state index in [1.165, 1.54) is 0 Å². The lowest BCUT2D eigenvalue weighted by molar-refractivity contribution is -0.122. The van der Waals surface area contributed by atoms with Gasteiger partial charge in [-0.3, -0.25) is 4.79 Å². The SMILES string of the molecule is C[C@@H]1CC(F)(F)CC[C@@H]1C(=O)Cl. The van der Waals surface area contributed by atoms with E-state index in [4.69, 9.17) is 11.6 Å². The summed E-state index contributed by atoms with van der Waals surface area (Å²) in [6.07, 6.45) is -0.201. The largest absolute Gasteiger partial charge is 0.281 e. The standard InChI is InChI=1S/C8H11ClF2O/c1-5-4-8(10,11)3-2-6(5)7(9)12/h5-6H,2-4H2,1H3/t5-,6+/m1/s1. The van der Waals surface area contributed by atoms with E-state index in [0.29, 0.717) is 0 Å². The molecule has 0 heterocycles. The minimum atomic E-state index is -2.59. The molecular formula is C8H11ClF2O. The lowest BCUT2D eigenvalue weighted by Crippen LogP contribution is -2.33. The minimum absolute atomic E-state index is 0.208. The van der Waals surface area contributed by atoms with Gasteiger partial charge in [-0.2, -0.15) is 0 Å². The molecule has 12 heavy (non-hydrogen) atoms. The van der Waals surface area contributed by atoms with Crippen LogP contribution in [0.4, 0.5) is 8.78 Å². The Bertz CT molecular complexity index is 193. The summed E-state index contributed by atoms with van der Waals surface area (Å²) in [6, 6.07) is 0. The maximum atomic E-state index is 12.7. The van der Waals surface area contributed by atoms with Gasteiger partial charge in [-0.25, -0.2) is 8.78 Å². The molecule has 2 atom stereocenters. The van der Waals surface area contributed by atoms with Crippen LogP contribution in [-0.4, -0.2) is 11.2 Å². The lowest BCUT2D eigenvalue weighted by atomic mass is 9.79. The predicted octanol–water partition coefficient (Wildman–Crippen LogP) is 2.82. The van der Waals surface area contributed by atoms with E-state index in [1.807, 2.05) is 0 Å². The summed E-state index contributed by atoms with van der Waals surface area (Å²) in [5.74, 6) is -3.26. The molecule has 1 aliphatic carbocycles. The molecule has 1 aliphatic rings. The van der Waals surface area contributed by atoms with Gasteiger partial charge in [0.05, 0.1) is 0 Å². The third-order valence-corrected chi connectivity index (χ3v) is 2.70. The van der Waals surface area contributed by atoms with E-state index in [2.05, 4.69) is 0 Å². The second-order valence-electron chi connectivity index (χ2n) is 3.49. The molecule has 0 aliphatic heterocycles. The quantitative estimate of drug-likeness (QED) is 0.590. The molecule has 1 fully saturated rings. The Morgan fingerprint density at radius 1 is 1.58 bits per heavy atom. The third-order valence-electron chi connectivity index (χ3n) is 2.42. The number of carbonyl (C=O) groups is 1. The van der Waals surface area contributed by atoms with Gasteiger partial charge in [-0.05, 0) is 23.9 Å². The summed E-state index contributed by atoms with van der Waals surface area (Å²) in [5, 5.41) is -0.474. The predicted molar refractivity (Wildman–Crippen MR) is 42.3 cm³/mol. The molecule has 0 bridgehead atoms. The number of alkyl halides is 2. The van der Waals surface area contributed by atoms with Gasteiger partial charge in [0, 0.05) is 18.8 Å². The zero-order valence-corrected chi connectivity index (χ0v) is 7.57. The van der Waals surface area contributed by atoms with Crippen molar-refractivity contribution in [3.8, 4) is 0 Å². The first kappa shape index (κ1) is 9.90. The first-order valence-electron chi connectivity index (χ1n) is 3.99. The van der Waals surface area contributed by atoms with Gasteiger partial charge < -0.3 is 0 Å². The Morgan fingerprint density at radius 3 is 2.58 bits per heavy atom. The molecule has 0 aromatic heterocycles. The molecule has 0 radical (unpaired) electrons. The molecule has 1 nitrogen and oxygen atoms in total.